The number of nitrogens with one attached hydrogen (secondary N) is 1. The van der Waals surface area contributed by atoms with Crippen LogP contribution in [0.4, 0.5) is 5.69 Å². The SMILES string of the molecule is CCCCN(C(=O)c1cccc2c1CCCN2)C(C)CC. The molecule has 0 radical (unpaired) electrons. The van der Waals surface area contributed by atoms with Gasteiger partial charge in [0.05, 0.1) is 0 Å². The Morgan fingerprint density at radius 2 is 2.19 bits per heavy atom. The fourth-order valence-electron chi connectivity index (χ4n) is 2.94. The van der Waals surface area contributed by atoms with E-state index < -0.39 is 0 Å². The maximum atomic E-state index is 13.0. The lowest BCUT2D eigenvalue weighted by atomic mass is 9.96. The first kappa shape index (κ1) is 15.9. The minimum absolute atomic E-state index is 0.207. The van der Waals surface area contributed by atoms with Gasteiger partial charge in [0.2, 0.25) is 0 Å². The molecule has 0 bridgehead atoms. The van der Waals surface area contributed by atoms with Crippen LogP contribution >= 0.6 is 0 Å². The zero-order chi connectivity index (χ0) is 15.2. The van der Waals surface area contributed by atoms with E-state index in [1.54, 1.807) is 0 Å². The van der Waals surface area contributed by atoms with Crippen LogP contribution in [0.5, 0.6) is 0 Å². The standard InChI is InChI=1S/C18H28N2O/c1-4-6-13-20(14(3)5-2)18(21)16-9-7-11-17-15(16)10-8-12-19-17/h7,9,11,14,19H,4-6,8,10,12-13H2,1-3H3. The van der Waals surface area contributed by atoms with Crippen molar-refractivity contribution in [2.45, 2.75) is 58.9 Å². The lowest BCUT2D eigenvalue weighted by Crippen LogP contribution is -2.39. The lowest BCUT2D eigenvalue weighted by Gasteiger charge is -2.30. The van der Waals surface area contributed by atoms with E-state index in [0.717, 1.165) is 56.4 Å². The van der Waals surface area contributed by atoms with E-state index in [2.05, 4.69) is 37.1 Å². The molecule has 3 heteroatoms. The normalized spacial score (nSPS) is 15.0. The van der Waals surface area contributed by atoms with Crippen molar-refractivity contribution >= 4 is 11.6 Å². The Morgan fingerprint density at radius 3 is 2.90 bits per heavy atom. The van der Waals surface area contributed by atoms with Crippen molar-refractivity contribution in [3.05, 3.63) is 29.3 Å². The largest absolute Gasteiger partial charge is 0.385 e. The van der Waals surface area contributed by atoms with E-state index in [-0.39, 0.29) is 5.91 Å². The molecule has 1 aliphatic heterocycles. The smallest absolute Gasteiger partial charge is 0.254 e. The maximum Gasteiger partial charge on any atom is 0.254 e. The van der Waals surface area contributed by atoms with Gasteiger partial charge in [-0.1, -0.05) is 26.3 Å². The highest BCUT2D eigenvalue weighted by atomic mass is 16.2. The first-order valence-corrected chi connectivity index (χ1v) is 8.35. The van der Waals surface area contributed by atoms with E-state index in [4.69, 9.17) is 0 Å². The van der Waals surface area contributed by atoms with Crippen molar-refractivity contribution in [3.8, 4) is 0 Å². The summed E-state index contributed by atoms with van der Waals surface area (Å²) in [7, 11) is 0. The van der Waals surface area contributed by atoms with Gasteiger partial charge < -0.3 is 10.2 Å². The molecule has 1 heterocycles. The summed E-state index contributed by atoms with van der Waals surface area (Å²) < 4.78 is 0. The third-order valence-corrected chi connectivity index (χ3v) is 4.46. The predicted octanol–water partition coefficient (Wildman–Crippen LogP) is 4.09. The Bertz CT molecular complexity index is 484. The molecule has 1 amide bonds. The van der Waals surface area contributed by atoms with Gasteiger partial charge >= 0.3 is 0 Å². The predicted molar refractivity (Wildman–Crippen MR) is 89.0 cm³/mol. The van der Waals surface area contributed by atoms with Crippen LogP contribution < -0.4 is 5.32 Å². The number of anilines is 1. The molecular formula is C18H28N2O. The summed E-state index contributed by atoms with van der Waals surface area (Å²) in [6.45, 7) is 8.35. The van der Waals surface area contributed by atoms with E-state index in [1.165, 1.54) is 5.56 Å². The molecule has 0 spiro atoms. The van der Waals surface area contributed by atoms with Crippen LogP contribution in [0.15, 0.2) is 18.2 Å². The third kappa shape index (κ3) is 3.58. The molecule has 0 saturated carbocycles. The summed E-state index contributed by atoms with van der Waals surface area (Å²) in [5.41, 5.74) is 3.25. The maximum absolute atomic E-state index is 13.0. The molecule has 21 heavy (non-hydrogen) atoms. The Labute approximate surface area is 128 Å². The zero-order valence-electron chi connectivity index (χ0n) is 13.6. The van der Waals surface area contributed by atoms with E-state index in [1.807, 2.05) is 12.1 Å². The van der Waals surface area contributed by atoms with Crippen molar-refractivity contribution in [2.24, 2.45) is 0 Å². The van der Waals surface area contributed by atoms with Gasteiger partial charge in [-0.05, 0) is 50.3 Å². The molecule has 1 N–H and O–H groups in total. The van der Waals surface area contributed by atoms with Gasteiger partial charge in [0.1, 0.15) is 0 Å². The molecular weight excluding hydrogens is 260 g/mol. The molecule has 1 atom stereocenters. The van der Waals surface area contributed by atoms with Crippen LogP contribution in [0.2, 0.25) is 0 Å². The van der Waals surface area contributed by atoms with Crippen LogP contribution in [0.3, 0.4) is 0 Å². The van der Waals surface area contributed by atoms with Crippen LogP contribution in [-0.2, 0) is 6.42 Å². The number of nitrogens with zero attached hydrogens (tertiary/aromatic N) is 1. The van der Waals surface area contributed by atoms with Crippen molar-refractivity contribution < 1.29 is 4.79 Å². The molecule has 1 unspecified atom stereocenters. The zero-order valence-corrected chi connectivity index (χ0v) is 13.6. The Balaban J connectivity index is 2.28. The van der Waals surface area contributed by atoms with Gasteiger partial charge in [-0.15, -0.1) is 0 Å². The topological polar surface area (TPSA) is 32.3 Å². The molecule has 2 rings (SSSR count). The Kier molecular flexibility index (Phi) is 5.66. The van der Waals surface area contributed by atoms with Crippen molar-refractivity contribution in [2.75, 3.05) is 18.4 Å². The molecule has 0 aliphatic carbocycles. The van der Waals surface area contributed by atoms with Gasteiger partial charge in [-0.2, -0.15) is 0 Å². The van der Waals surface area contributed by atoms with Crippen LogP contribution in [-0.4, -0.2) is 29.9 Å². The number of hydrogen-bond donors (Lipinski definition) is 1. The molecule has 0 aromatic heterocycles. The minimum atomic E-state index is 0.207. The number of carbonyl (C=O) groups is 1. The number of hydrogen-bond acceptors (Lipinski definition) is 2. The summed E-state index contributed by atoms with van der Waals surface area (Å²) in [5.74, 6) is 0.207. The minimum Gasteiger partial charge on any atom is -0.385 e. The van der Waals surface area contributed by atoms with E-state index in [0.29, 0.717) is 6.04 Å². The number of amides is 1. The fraction of sp³-hybridized carbons (Fsp3) is 0.611. The number of benzene rings is 1. The first-order valence-electron chi connectivity index (χ1n) is 8.35. The summed E-state index contributed by atoms with van der Waals surface area (Å²) in [6, 6.07) is 6.39. The molecule has 0 saturated heterocycles. The average molecular weight is 288 g/mol. The van der Waals surface area contributed by atoms with Gasteiger partial charge in [0, 0.05) is 30.4 Å². The summed E-state index contributed by atoms with van der Waals surface area (Å²) in [4.78, 5) is 15.1. The van der Waals surface area contributed by atoms with Gasteiger partial charge in [-0.25, -0.2) is 0 Å². The van der Waals surface area contributed by atoms with Crippen molar-refractivity contribution in [3.63, 3.8) is 0 Å². The second-order valence-electron chi connectivity index (χ2n) is 5.97. The Hall–Kier alpha value is -1.51. The monoisotopic (exact) mass is 288 g/mol. The number of fused-ring (bicyclic) bond motifs is 1. The number of unbranched alkanes of at least 4 members (excludes halogenated alkanes) is 1. The van der Waals surface area contributed by atoms with Crippen LogP contribution in [0, 0.1) is 0 Å². The highest BCUT2D eigenvalue weighted by Gasteiger charge is 2.24. The van der Waals surface area contributed by atoms with E-state index in [9.17, 15) is 4.79 Å². The molecule has 0 fully saturated rings. The summed E-state index contributed by atoms with van der Waals surface area (Å²) in [6.07, 6.45) is 5.31. The molecule has 1 aliphatic rings. The Morgan fingerprint density at radius 1 is 1.38 bits per heavy atom. The van der Waals surface area contributed by atoms with E-state index >= 15 is 0 Å². The van der Waals surface area contributed by atoms with Gasteiger partial charge in [0.25, 0.3) is 5.91 Å². The summed E-state index contributed by atoms with van der Waals surface area (Å²) >= 11 is 0. The van der Waals surface area contributed by atoms with Gasteiger partial charge in [0.15, 0.2) is 0 Å². The molecule has 1 aromatic carbocycles. The highest BCUT2D eigenvalue weighted by Crippen LogP contribution is 2.27. The number of carbonyl (C=O) groups excluding carboxylic acids is 1. The van der Waals surface area contributed by atoms with Crippen molar-refractivity contribution in [1.29, 1.82) is 0 Å². The second-order valence-corrected chi connectivity index (χ2v) is 5.97. The molecule has 1 aromatic rings. The highest BCUT2D eigenvalue weighted by molar-refractivity contribution is 5.97. The first-order chi connectivity index (χ1) is 10.2. The van der Waals surface area contributed by atoms with Gasteiger partial charge in [-0.3, -0.25) is 4.79 Å². The van der Waals surface area contributed by atoms with Crippen molar-refractivity contribution in [1.82, 2.24) is 4.90 Å². The van der Waals surface area contributed by atoms with Crippen LogP contribution in [0.25, 0.3) is 0 Å². The number of rotatable bonds is 6. The lowest BCUT2D eigenvalue weighted by molar-refractivity contribution is 0.0684. The molecule has 3 nitrogen and oxygen atoms in total. The van der Waals surface area contributed by atoms with Crippen LogP contribution in [0.1, 0.15) is 62.4 Å². The third-order valence-electron chi connectivity index (χ3n) is 4.46. The average Bonchev–Trinajstić information content (AvgIpc) is 2.54. The summed E-state index contributed by atoms with van der Waals surface area (Å²) in [5, 5.41) is 3.41. The quantitative estimate of drug-likeness (QED) is 0.855. The molecule has 116 valence electrons. The fourth-order valence-corrected chi connectivity index (χ4v) is 2.94. The second kappa shape index (κ2) is 7.48.